The predicted molar refractivity (Wildman–Crippen MR) is 78.9 cm³/mol. The molecule has 1 N–H and O–H groups in total. The molecule has 0 aromatic heterocycles. The van der Waals surface area contributed by atoms with Gasteiger partial charge in [0, 0.05) is 5.70 Å². The van der Waals surface area contributed by atoms with Crippen molar-refractivity contribution in [2.45, 2.75) is 13.3 Å². The normalized spacial score (nSPS) is 16.8. The SMILES string of the molecule is CCc1cccc(OC(=S)NC2=CCS(=O)(=O)C2)c1. The first kappa shape index (κ1) is 14.0. The quantitative estimate of drug-likeness (QED) is 0.862. The molecular formula is C13H15NO3S2. The molecule has 2 rings (SSSR count). The van der Waals surface area contributed by atoms with Gasteiger partial charge in [0.2, 0.25) is 0 Å². The minimum Gasteiger partial charge on any atom is -0.432 e. The third-order valence-electron chi connectivity index (χ3n) is 2.74. The van der Waals surface area contributed by atoms with Gasteiger partial charge in [-0.15, -0.1) is 0 Å². The maximum Gasteiger partial charge on any atom is 0.266 e. The summed E-state index contributed by atoms with van der Waals surface area (Å²) < 4.78 is 28.0. The van der Waals surface area contributed by atoms with E-state index in [0.717, 1.165) is 12.0 Å². The van der Waals surface area contributed by atoms with Gasteiger partial charge in [0.05, 0.1) is 11.5 Å². The van der Waals surface area contributed by atoms with Crippen LogP contribution in [0.4, 0.5) is 0 Å². The van der Waals surface area contributed by atoms with E-state index in [9.17, 15) is 8.42 Å². The molecule has 0 spiro atoms. The molecule has 0 saturated heterocycles. The number of aryl methyl sites for hydroxylation is 1. The summed E-state index contributed by atoms with van der Waals surface area (Å²) in [6.07, 6.45) is 2.54. The van der Waals surface area contributed by atoms with Crippen molar-refractivity contribution in [1.29, 1.82) is 0 Å². The molecule has 1 aromatic rings. The number of ether oxygens (including phenoxy) is 1. The zero-order chi connectivity index (χ0) is 13.9. The molecule has 0 fully saturated rings. The van der Waals surface area contributed by atoms with Gasteiger partial charge in [0.25, 0.3) is 5.17 Å². The maximum atomic E-state index is 11.3. The lowest BCUT2D eigenvalue weighted by molar-refractivity contribution is 0.541. The topological polar surface area (TPSA) is 55.4 Å². The maximum absolute atomic E-state index is 11.3. The molecule has 1 aliphatic rings. The van der Waals surface area contributed by atoms with Gasteiger partial charge in [-0.1, -0.05) is 19.1 Å². The first-order valence-electron chi connectivity index (χ1n) is 5.96. The number of rotatable bonds is 3. The number of nitrogens with one attached hydrogen (secondary N) is 1. The van der Waals surface area contributed by atoms with Gasteiger partial charge in [0.15, 0.2) is 9.84 Å². The van der Waals surface area contributed by atoms with Crippen LogP contribution in [0.2, 0.25) is 0 Å². The highest BCUT2D eigenvalue weighted by Gasteiger charge is 2.20. The molecule has 102 valence electrons. The molecule has 0 amide bonds. The van der Waals surface area contributed by atoms with E-state index in [0.29, 0.717) is 11.4 Å². The Labute approximate surface area is 118 Å². The van der Waals surface area contributed by atoms with Crippen molar-refractivity contribution in [3.05, 3.63) is 41.6 Å². The largest absolute Gasteiger partial charge is 0.432 e. The smallest absolute Gasteiger partial charge is 0.266 e. The molecule has 0 unspecified atom stereocenters. The summed E-state index contributed by atoms with van der Waals surface area (Å²) in [6, 6.07) is 7.63. The number of benzene rings is 1. The van der Waals surface area contributed by atoms with Crippen molar-refractivity contribution >= 4 is 27.2 Å². The van der Waals surface area contributed by atoms with Crippen molar-refractivity contribution in [2.24, 2.45) is 0 Å². The van der Waals surface area contributed by atoms with E-state index < -0.39 is 9.84 Å². The average molecular weight is 297 g/mol. The highest BCUT2D eigenvalue weighted by molar-refractivity contribution is 7.92. The Hall–Kier alpha value is -1.40. The monoisotopic (exact) mass is 297 g/mol. The molecule has 0 aliphatic carbocycles. The minimum atomic E-state index is -2.99. The standard InChI is InChI=1S/C13H15NO3S2/c1-2-10-4-3-5-12(8-10)17-13(18)14-11-6-7-19(15,16)9-11/h3-6,8H,2,7,9H2,1H3,(H,14,18). The van der Waals surface area contributed by atoms with E-state index in [1.54, 1.807) is 6.08 Å². The summed E-state index contributed by atoms with van der Waals surface area (Å²) in [6.45, 7) is 2.06. The number of thiocarbonyl (C=S) groups is 1. The van der Waals surface area contributed by atoms with Crippen LogP contribution in [0.25, 0.3) is 0 Å². The summed E-state index contributed by atoms with van der Waals surface area (Å²) in [5, 5.41) is 2.98. The average Bonchev–Trinajstić information content (AvgIpc) is 2.68. The summed E-state index contributed by atoms with van der Waals surface area (Å²) in [7, 11) is -2.99. The van der Waals surface area contributed by atoms with E-state index in [1.165, 1.54) is 0 Å². The van der Waals surface area contributed by atoms with Crippen LogP contribution in [0.15, 0.2) is 36.0 Å². The van der Waals surface area contributed by atoms with E-state index in [4.69, 9.17) is 17.0 Å². The molecular weight excluding hydrogens is 282 g/mol. The Morgan fingerprint density at radius 2 is 2.26 bits per heavy atom. The predicted octanol–water partition coefficient (Wildman–Crippen LogP) is 1.81. The summed E-state index contributed by atoms with van der Waals surface area (Å²) in [5.74, 6) is 0.702. The fourth-order valence-corrected chi connectivity index (χ4v) is 3.23. The summed E-state index contributed by atoms with van der Waals surface area (Å²) in [4.78, 5) is 0. The molecule has 4 nitrogen and oxygen atoms in total. The third-order valence-corrected chi connectivity index (χ3v) is 4.35. The second-order valence-corrected chi connectivity index (χ2v) is 6.78. The lowest BCUT2D eigenvalue weighted by Crippen LogP contribution is -2.27. The first-order valence-corrected chi connectivity index (χ1v) is 8.19. The molecule has 0 bridgehead atoms. The summed E-state index contributed by atoms with van der Waals surface area (Å²) >= 11 is 5.06. The third kappa shape index (κ3) is 4.04. The number of hydrogen-bond donors (Lipinski definition) is 1. The lowest BCUT2D eigenvalue weighted by Gasteiger charge is -2.10. The van der Waals surface area contributed by atoms with Gasteiger partial charge in [0.1, 0.15) is 5.75 Å². The molecule has 0 saturated carbocycles. The molecule has 1 aliphatic heterocycles. The van der Waals surface area contributed by atoms with E-state index in [2.05, 4.69) is 12.2 Å². The lowest BCUT2D eigenvalue weighted by atomic mass is 10.2. The second kappa shape index (κ2) is 5.71. The fourth-order valence-electron chi connectivity index (χ4n) is 1.76. The highest BCUT2D eigenvalue weighted by Crippen LogP contribution is 2.15. The highest BCUT2D eigenvalue weighted by atomic mass is 32.2. The van der Waals surface area contributed by atoms with Crippen molar-refractivity contribution < 1.29 is 13.2 Å². The van der Waals surface area contributed by atoms with Crippen LogP contribution in [0.3, 0.4) is 0 Å². The van der Waals surface area contributed by atoms with Crippen molar-refractivity contribution in [1.82, 2.24) is 5.32 Å². The molecule has 0 atom stereocenters. The number of sulfone groups is 1. The van der Waals surface area contributed by atoms with Crippen LogP contribution >= 0.6 is 12.2 Å². The Morgan fingerprint density at radius 3 is 2.89 bits per heavy atom. The van der Waals surface area contributed by atoms with Crippen molar-refractivity contribution in [2.75, 3.05) is 11.5 Å². The fraction of sp³-hybridized carbons (Fsp3) is 0.308. The molecule has 6 heteroatoms. The van der Waals surface area contributed by atoms with Crippen LogP contribution in [-0.2, 0) is 16.3 Å². The van der Waals surface area contributed by atoms with Crippen LogP contribution in [0, 0.1) is 0 Å². The number of hydrogen-bond acceptors (Lipinski definition) is 4. The molecule has 1 heterocycles. The van der Waals surface area contributed by atoms with Gasteiger partial charge < -0.3 is 10.1 Å². The van der Waals surface area contributed by atoms with Gasteiger partial charge in [-0.3, -0.25) is 0 Å². The first-order chi connectivity index (χ1) is 8.98. The van der Waals surface area contributed by atoms with E-state index in [-0.39, 0.29) is 16.7 Å². The Bertz CT molecular complexity index is 621. The van der Waals surface area contributed by atoms with Gasteiger partial charge in [-0.25, -0.2) is 8.42 Å². The van der Waals surface area contributed by atoms with Crippen LogP contribution in [0.1, 0.15) is 12.5 Å². The zero-order valence-electron chi connectivity index (χ0n) is 10.5. The van der Waals surface area contributed by atoms with Crippen molar-refractivity contribution in [3.8, 4) is 5.75 Å². The van der Waals surface area contributed by atoms with Crippen molar-refractivity contribution in [3.63, 3.8) is 0 Å². The van der Waals surface area contributed by atoms with Gasteiger partial charge >= 0.3 is 0 Å². The summed E-state index contributed by atoms with van der Waals surface area (Å²) in [5.41, 5.74) is 1.74. The molecule has 19 heavy (non-hydrogen) atoms. The van der Waals surface area contributed by atoms with Crippen LogP contribution < -0.4 is 10.1 Å². The van der Waals surface area contributed by atoms with Gasteiger partial charge in [-0.2, -0.15) is 0 Å². The Kier molecular flexibility index (Phi) is 4.21. The second-order valence-electron chi connectivity index (χ2n) is 4.30. The van der Waals surface area contributed by atoms with E-state index >= 15 is 0 Å². The molecule has 0 radical (unpaired) electrons. The Morgan fingerprint density at radius 1 is 1.47 bits per heavy atom. The zero-order valence-corrected chi connectivity index (χ0v) is 12.2. The Balaban J connectivity index is 1.95. The van der Waals surface area contributed by atoms with Crippen LogP contribution in [0.5, 0.6) is 5.75 Å². The van der Waals surface area contributed by atoms with E-state index in [1.807, 2.05) is 24.3 Å². The minimum absolute atomic E-state index is 0.00843. The molecule has 1 aromatic carbocycles. The van der Waals surface area contributed by atoms with Crippen LogP contribution in [-0.4, -0.2) is 25.1 Å². The van der Waals surface area contributed by atoms with Gasteiger partial charge in [-0.05, 0) is 42.4 Å².